The molecular weight excluding hydrogens is 158 g/mol. The van der Waals surface area contributed by atoms with Crippen LogP contribution in [0.5, 0.6) is 0 Å². The Bertz CT molecular complexity index is 121. The topological polar surface area (TPSA) is 29.1 Å². The molecule has 2 atom stereocenters. The molecule has 1 N–H and O–H groups in total. The zero-order chi connectivity index (χ0) is 8.85. The van der Waals surface area contributed by atoms with E-state index in [2.05, 4.69) is 12.2 Å². The van der Waals surface area contributed by atoms with E-state index in [0.717, 1.165) is 12.2 Å². The van der Waals surface area contributed by atoms with E-state index in [1.54, 1.807) is 0 Å². The Morgan fingerprint density at radius 1 is 1.45 bits per heavy atom. The summed E-state index contributed by atoms with van der Waals surface area (Å²) in [6.07, 6.45) is 1.05. The lowest BCUT2D eigenvalue weighted by Crippen LogP contribution is -2.32. The SMILES string of the molecule is CCC(CS(=O)C(C)C)NC. The highest BCUT2D eigenvalue weighted by molar-refractivity contribution is 7.85. The Labute approximate surface area is 72.2 Å². The Morgan fingerprint density at radius 3 is 2.27 bits per heavy atom. The molecule has 0 amide bonds. The minimum Gasteiger partial charge on any atom is -0.316 e. The van der Waals surface area contributed by atoms with Gasteiger partial charge in [0.25, 0.3) is 0 Å². The molecule has 0 aliphatic rings. The van der Waals surface area contributed by atoms with Crippen molar-refractivity contribution < 1.29 is 4.21 Å². The molecule has 0 aliphatic heterocycles. The van der Waals surface area contributed by atoms with Crippen molar-refractivity contribution in [1.29, 1.82) is 0 Å². The zero-order valence-electron chi connectivity index (χ0n) is 7.89. The molecule has 0 heterocycles. The first-order valence-electron chi connectivity index (χ1n) is 4.16. The number of hydrogen-bond donors (Lipinski definition) is 1. The van der Waals surface area contributed by atoms with Crippen LogP contribution in [-0.4, -0.2) is 28.3 Å². The lowest BCUT2D eigenvalue weighted by molar-refractivity contribution is 0.588. The average Bonchev–Trinajstić information content (AvgIpc) is 1.99. The first-order chi connectivity index (χ1) is 5.11. The van der Waals surface area contributed by atoms with Crippen LogP contribution in [0, 0.1) is 0 Å². The van der Waals surface area contributed by atoms with Crippen molar-refractivity contribution >= 4 is 10.8 Å². The van der Waals surface area contributed by atoms with Crippen molar-refractivity contribution in [2.75, 3.05) is 12.8 Å². The second-order valence-electron chi connectivity index (χ2n) is 2.99. The van der Waals surface area contributed by atoms with Gasteiger partial charge in [0, 0.05) is 27.8 Å². The third-order valence-electron chi connectivity index (χ3n) is 1.79. The molecule has 0 rings (SSSR count). The summed E-state index contributed by atoms with van der Waals surface area (Å²) in [4.78, 5) is 0. The van der Waals surface area contributed by atoms with Crippen LogP contribution in [0.15, 0.2) is 0 Å². The summed E-state index contributed by atoms with van der Waals surface area (Å²) in [5.74, 6) is 0.782. The fraction of sp³-hybridized carbons (Fsp3) is 1.00. The Kier molecular flexibility index (Phi) is 5.78. The summed E-state index contributed by atoms with van der Waals surface area (Å²) in [6.45, 7) is 6.11. The molecule has 11 heavy (non-hydrogen) atoms. The fourth-order valence-electron chi connectivity index (χ4n) is 0.796. The van der Waals surface area contributed by atoms with Crippen LogP contribution in [0.2, 0.25) is 0 Å². The summed E-state index contributed by atoms with van der Waals surface area (Å²) in [5, 5.41) is 3.43. The lowest BCUT2D eigenvalue weighted by atomic mass is 10.3. The van der Waals surface area contributed by atoms with E-state index in [4.69, 9.17) is 0 Å². The predicted molar refractivity (Wildman–Crippen MR) is 51.3 cm³/mol. The average molecular weight is 177 g/mol. The van der Waals surface area contributed by atoms with Crippen molar-refractivity contribution in [3.8, 4) is 0 Å². The molecule has 0 aromatic rings. The van der Waals surface area contributed by atoms with Gasteiger partial charge in [-0.25, -0.2) is 0 Å². The molecule has 0 aromatic heterocycles. The lowest BCUT2D eigenvalue weighted by Gasteiger charge is -2.14. The maximum absolute atomic E-state index is 11.3. The van der Waals surface area contributed by atoms with E-state index in [-0.39, 0.29) is 5.25 Å². The monoisotopic (exact) mass is 177 g/mol. The molecule has 0 aliphatic carbocycles. The quantitative estimate of drug-likeness (QED) is 0.682. The molecule has 0 aromatic carbocycles. The van der Waals surface area contributed by atoms with Gasteiger partial charge in [-0.05, 0) is 13.5 Å². The van der Waals surface area contributed by atoms with E-state index in [1.807, 2.05) is 20.9 Å². The molecule has 68 valence electrons. The van der Waals surface area contributed by atoms with Gasteiger partial charge < -0.3 is 5.32 Å². The number of rotatable bonds is 5. The minimum atomic E-state index is -0.664. The molecule has 0 radical (unpaired) electrons. The van der Waals surface area contributed by atoms with Gasteiger partial charge >= 0.3 is 0 Å². The highest BCUT2D eigenvalue weighted by atomic mass is 32.2. The Balaban J connectivity index is 3.72. The third kappa shape index (κ3) is 4.53. The molecule has 2 nitrogen and oxygen atoms in total. The molecule has 0 bridgehead atoms. The van der Waals surface area contributed by atoms with Crippen LogP contribution in [0.25, 0.3) is 0 Å². The second-order valence-corrected chi connectivity index (χ2v) is 5.03. The van der Waals surface area contributed by atoms with E-state index in [1.165, 1.54) is 0 Å². The van der Waals surface area contributed by atoms with Crippen LogP contribution < -0.4 is 5.32 Å². The zero-order valence-corrected chi connectivity index (χ0v) is 8.70. The van der Waals surface area contributed by atoms with E-state index < -0.39 is 10.8 Å². The van der Waals surface area contributed by atoms with Crippen LogP contribution in [-0.2, 0) is 10.8 Å². The second kappa shape index (κ2) is 5.72. The number of hydrogen-bond acceptors (Lipinski definition) is 2. The molecule has 0 spiro atoms. The minimum absolute atomic E-state index is 0.289. The molecule has 0 saturated carbocycles. The van der Waals surface area contributed by atoms with Crippen LogP contribution in [0.4, 0.5) is 0 Å². The number of nitrogens with one attached hydrogen (secondary N) is 1. The van der Waals surface area contributed by atoms with Gasteiger partial charge in [0.1, 0.15) is 0 Å². The molecular formula is C8H19NOS. The first kappa shape index (κ1) is 11.1. The third-order valence-corrected chi connectivity index (χ3v) is 3.57. The first-order valence-corrected chi connectivity index (χ1v) is 5.54. The Hall–Kier alpha value is 0.110. The standard InChI is InChI=1S/C8H19NOS/c1-5-8(9-4)6-11(10)7(2)3/h7-9H,5-6H2,1-4H3. The van der Waals surface area contributed by atoms with Gasteiger partial charge in [-0.15, -0.1) is 0 Å². The summed E-state index contributed by atoms with van der Waals surface area (Å²) < 4.78 is 11.3. The summed E-state index contributed by atoms with van der Waals surface area (Å²) in [5.41, 5.74) is 0. The van der Waals surface area contributed by atoms with Gasteiger partial charge in [0.15, 0.2) is 0 Å². The Morgan fingerprint density at radius 2 is 2.00 bits per heavy atom. The molecule has 2 unspecified atom stereocenters. The van der Waals surface area contributed by atoms with E-state index in [9.17, 15) is 4.21 Å². The largest absolute Gasteiger partial charge is 0.316 e. The van der Waals surface area contributed by atoms with Crippen LogP contribution in [0.1, 0.15) is 27.2 Å². The highest BCUT2D eigenvalue weighted by Gasteiger charge is 2.10. The smallest absolute Gasteiger partial charge is 0.0391 e. The molecule has 3 heteroatoms. The molecule has 0 saturated heterocycles. The summed E-state index contributed by atoms with van der Waals surface area (Å²) >= 11 is 0. The highest BCUT2D eigenvalue weighted by Crippen LogP contribution is 1.99. The van der Waals surface area contributed by atoms with E-state index >= 15 is 0 Å². The van der Waals surface area contributed by atoms with Gasteiger partial charge in [0.05, 0.1) is 0 Å². The van der Waals surface area contributed by atoms with Gasteiger partial charge in [-0.2, -0.15) is 0 Å². The summed E-state index contributed by atoms with van der Waals surface area (Å²) in [6, 6.07) is 0.415. The van der Waals surface area contributed by atoms with Crippen molar-refractivity contribution in [2.45, 2.75) is 38.5 Å². The van der Waals surface area contributed by atoms with Crippen molar-refractivity contribution in [1.82, 2.24) is 5.32 Å². The summed E-state index contributed by atoms with van der Waals surface area (Å²) in [7, 11) is 1.26. The predicted octanol–water partition coefficient (Wildman–Crippen LogP) is 1.14. The van der Waals surface area contributed by atoms with Gasteiger partial charge in [-0.3, -0.25) is 4.21 Å². The van der Waals surface area contributed by atoms with Crippen LogP contribution in [0.3, 0.4) is 0 Å². The molecule has 0 fully saturated rings. The van der Waals surface area contributed by atoms with Crippen molar-refractivity contribution in [3.05, 3.63) is 0 Å². The normalized spacial score (nSPS) is 16.8. The van der Waals surface area contributed by atoms with Crippen LogP contribution >= 0.6 is 0 Å². The maximum Gasteiger partial charge on any atom is 0.0391 e. The van der Waals surface area contributed by atoms with Crippen molar-refractivity contribution in [2.24, 2.45) is 0 Å². The van der Waals surface area contributed by atoms with Gasteiger partial charge in [-0.1, -0.05) is 20.8 Å². The van der Waals surface area contributed by atoms with Gasteiger partial charge in [0.2, 0.25) is 0 Å². The fourth-order valence-corrected chi connectivity index (χ4v) is 1.98. The van der Waals surface area contributed by atoms with E-state index in [0.29, 0.717) is 6.04 Å². The maximum atomic E-state index is 11.3. The van der Waals surface area contributed by atoms with Crippen molar-refractivity contribution in [3.63, 3.8) is 0 Å².